The summed E-state index contributed by atoms with van der Waals surface area (Å²) in [5.41, 5.74) is 0.958. The van der Waals surface area contributed by atoms with Gasteiger partial charge < -0.3 is 25.3 Å². The van der Waals surface area contributed by atoms with E-state index < -0.39 is 35.5 Å². The van der Waals surface area contributed by atoms with Gasteiger partial charge in [-0.25, -0.2) is 0 Å². The molecule has 1 aromatic heterocycles. The number of aromatic amines is 1. The quantitative estimate of drug-likeness (QED) is 0.453. The molecular formula is C28H34N4O6. The number of carbonyl (C=O) groups excluding carboxylic acids is 5. The number of ether oxygens (including phenoxy) is 1. The summed E-state index contributed by atoms with van der Waals surface area (Å²) < 4.78 is 5.42. The standard InChI is InChI=1S/C28H34N4O6/c1-14(33)24(34)19(11-15-7-6-10-29-25(15)35)31-26(36)23-22-17(28(22,2)3)13-32(23)27(37)20-12-16-18(30-20)8-5-9-21(16)38-4/h5,8-9,12,15,17,19,22-23,30H,6-7,10-11,13H2,1-4H3,(H,29,35)(H,31,36)/t15-,17-,19-,22-,23-/m0/s1. The fourth-order valence-electron chi connectivity index (χ4n) is 6.45. The van der Waals surface area contributed by atoms with E-state index in [9.17, 15) is 24.0 Å². The van der Waals surface area contributed by atoms with E-state index in [1.54, 1.807) is 18.1 Å². The Morgan fingerprint density at radius 2 is 2.00 bits per heavy atom. The third kappa shape index (κ3) is 4.35. The molecular weight excluding hydrogens is 488 g/mol. The van der Waals surface area contributed by atoms with Crippen molar-refractivity contribution in [2.24, 2.45) is 23.2 Å². The second-order valence-corrected chi connectivity index (χ2v) is 11.3. The maximum absolute atomic E-state index is 13.8. The number of nitrogens with zero attached hydrogens (tertiary/aromatic N) is 1. The Morgan fingerprint density at radius 3 is 2.68 bits per heavy atom. The van der Waals surface area contributed by atoms with Gasteiger partial charge in [0, 0.05) is 36.8 Å². The molecule has 10 heteroatoms. The number of carbonyl (C=O) groups is 5. The van der Waals surface area contributed by atoms with Gasteiger partial charge in [0.15, 0.2) is 5.78 Å². The highest BCUT2D eigenvalue weighted by Gasteiger charge is 2.69. The number of methoxy groups -OCH3 is 1. The number of H-pyrrole nitrogens is 1. The number of aromatic nitrogens is 1. The smallest absolute Gasteiger partial charge is 0.271 e. The van der Waals surface area contributed by atoms with E-state index in [0.717, 1.165) is 24.2 Å². The van der Waals surface area contributed by atoms with Crippen molar-refractivity contribution in [1.82, 2.24) is 20.5 Å². The summed E-state index contributed by atoms with van der Waals surface area (Å²) in [5, 5.41) is 6.32. The summed E-state index contributed by atoms with van der Waals surface area (Å²) >= 11 is 0. The molecule has 0 bridgehead atoms. The molecule has 1 aromatic carbocycles. The van der Waals surface area contributed by atoms with Gasteiger partial charge in [-0.1, -0.05) is 19.9 Å². The predicted octanol–water partition coefficient (Wildman–Crippen LogP) is 1.83. The lowest BCUT2D eigenvalue weighted by Gasteiger charge is -2.32. The summed E-state index contributed by atoms with van der Waals surface area (Å²) in [6, 6.07) is 5.30. The molecule has 3 aliphatic rings. The van der Waals surface area contributed by atoms with Crippen molar-refractivity contribution in [2.75, 3.05) is 20.2 Å². The van der Waals surface area contributed by atoms with E-state index in [4.69, 9.17) is 4.74 Å². The molecule has 2 aromatic rings. The summed E-state index contributed by atoms with van der Waals surface area (Å²) in [7, 11) is 1.56. The molecule has 3 fully saturated rings. The third-order valence-electron chi connectivity index (χ3n) is 8.71. The molecule has 10 nitrogen and oxygen atoms in total. The lowest BCUT2D eigenvalue weighted by atomic mass is 9.89. The molecule has 3 amide bonds. The lowest BCUT2D eigenvalue weighted by Crippen LogP contribution is -2.55. The van der Waals surface area contributed by atoms with Crippen molar-refractivity contribution in [3.05, 3.63) is 30.0 Å². The number of rotatable bonds is 8. The zero-order valence-electron chi connectivity index (χ0n) is 22.1. The van der Waals surface area contributed by atoms with Crippen LogP contribution in [-0.4, -0.2) is 71.5 Å². The number of hydrogen-bond donors (Lipinski definition) is 3. The molecule has 3 N–H and O–H groups in total. The Bertz CT molecular complexity index is 1330. The van der Waals surface area contributed by atoms with Crippen LogP contribution in [0.1, 0.15) is 50.5 Å². The van der Waals surface area contributed by atoms with Gasteiger partial charge in [-0.2, -0.15) is 0 Å². The summed E-state index contributed by atoms with van der Waals surface area (Å²) in [5.74, 6) is -2.14. The van der Waals surface area contributed by atoms with Gasteiger partial charge in [-0.15, -0.1) is 0 Å². The molecule has 1 saturated carbocycles. The minimum absolute atomic E-state index is 0.0515. The summed E-state index contributed by atoms with van der Waals surface area (Å²) in [6.07, 6.45) is 1.40. The van der Waals surface area contributed by atoms with Crippen LogP contribution in [-0.2, 0) is 19.2 Å². The van der Waals surface area contributed by atoms with E-state index in [-0.39, 0.29) is 35.5 Å². The van der Waals surface area contributed by atoms with Crippen molar-refractivity contribution in [1.29, 1.82) is 0 Å². The topological polar surface area (TPSA) is 138 Å². The lowest BCUT2D eigenvalue weighted by molar-refractivity contribution is -0.139. The number of benzene rings is 1. The fraction of sp³-hybridized carbons (Fsp3) is 0.536. The summed E-state index contributed by atoms with van der Waals surface area (Å²) in [4.78, 5) is 69.3. The van der Waals surface area contributed by atoms with Crippen LogP contribution in [0, 0.1) is 23.2 Å². The number of likely N-dealkylation sites (tertiary alicyclic amines) is 1. The normalized spacial score (nSPS) is 26.3. The number of fused-ring (bicyclic) bond motifs is 2. The Labute approximate surface area is 220 Å². The summed E-state index contributed by atoms with van der Waals surface area (Å²) in [6.45, 7) is 6.30. The molecule has 2 saturated heterocycles. The molecule has 0 spiro atoms. The first-order valence-electron chi connectivity index (χ1n) is 13.1. The first-order chi connectivity index (χ1) is 18.0. The monoisotopic (exact) mass is 522 g/mol. The van der Waals surface area contributed by atoms with Crippen LogP contribution >= 0.6 is 0 Å². The number of Topliss-reactive ketones (excluding diaryl/α,β-unsaturated/α-hetero) is 2. The maximum Gasteiger partial charge on any atom is 0.271 e. The van der Waals surface area contributed by atoms with E-state index >= 15 is 0 Å². The highest BCUT2D eigenvalue weighted by atomic mass is 16.5. The van der Waals surface area contributed by atoms with Crippen LogP contribution in [0.5, 0.6) is 5.75 Å². The Morgan fingerprint density at radius 1 is 1.24 bits per heavy atom. The predicted molar refractivity (Wildman–Crippen MR) is 138 cm³/mol. The van der Waals surface area contributed by atoms with Gasteiger partial charge in [0.05, 0.1) is 13.2 Å². The first-order valence-corrected chi connectivity index (χ1v) is 13.1. The Hall–Kier alpha value is -3.69. The van der Waals surface area contributed by atoms with Crippen LogP contribution in [0.3, 0.4) is 0 Å². The Balaban J connectivity index is 1.40. The number of nitrogens with one attached hydrogen (secondary N) is 3. The minimum Gasteiger partial charge on any atom is -0.496 e. The van der Waals surface area contributed by atoms with Crippen molar-refractivity contribution in [2.45, 2.75) is 52.1 Å². The number of ketones is 2. The molecule has 5 atom stereocenters. The zero-order chi connectivity index (χ0) is 27.4. The minimum atomic E-state index is -1.12. The second kappa shape index (κ2) is 9.56. The van der Waals surface area contributed by atoms with E-state index in [0.29, 0.717) is 31.0 Å². The SMILES string of the molecule is COc1cccc2[nH]c(C(=O)N3C[C@H]4[C@@H]([C@H]3C(=O)N[C@@H](C[C@@H]3CCCNC3=O)C(=O)C(C)=O)C4(C)C)cc12. The number of amides is 3. The van der Waals surface area contributed by atoms with Gasteiger partial charge in [-0.05, 0) is 54.7 Å². The van der Waals surface area contributed by atoms with Crippen molar-refractivity contribution >= 4 is 40.2 Å². The van der Waals surface area contributed by atoms with Crippen molar-refractivity contribution in [3.63, 3.8) is 0 Å². The zero-order valence-corrected chi connectivity index (χ0v) is 22.1. The van der Waals surface area contributed by atoms with Crippen LogP contribution < -0.4 is 15.4 Å². The molecule has 202 valence electrons. The van der Waals surface area contributed by atoms with Gasteiger partial charge in [0.1, 0.15) is 17.5 Å². The third-order valence-corrected chi connectivity index (χ3v) is 8.71. The molecule has 2 aliphatic heterocycles. The van der Waals surface area contributed by atoms with Gasteiger partial charge in [-0.3, -0.25) is 24.0 Å². The van der Waals surface area contributed by atoms with Gasteiger partial charge >= 0.3 is 0 Å². The van der Waals surface area contributed by atoms with E-state index in [1.807, 2.05) is 18.2 Å². The maximum atomic E-state index is 13.8. The Kier molecular flexibility index (Phi) is 6.53. The second-order valence-electron chi connectivity index (χ2n) is 11.3. The molecule has 5 rings (SSSR count). The van der Waals surface area contributed by atoms with Crippen molar-refractivity contribution < 1.29 is 28.7 Å². The molecule has 38 heavy (non-hydrogen) atoms. The molecule has 1 aliphatic carbocycles. The fourth-order valence-corrected chi connectivity index (χ4v) is 6.45. The van der Waals surface area contributed by atoms with E-state index in [2.05, 4.69) is 29.5 Å². The highest BCUT2D eigenvalue weighted by Crippen LogP contribution is 2.65. The van der Waals surface area contributed by atoms with Crippen LogP contribution in [0.2, 0.25) is 0 Å². The van der Waals surface area contributed by atoms with Gasteiger partial charge in [0.25, 0.3) is 5.91 Å². The molecule has 0 unspecified atom stereocenters. The van der Waals surface area contributed by atoms with E-state index in [1.165, 1.54) is 0 Å². The van der Waals surface area contributed by atoms with Crippen LogP contribution in [0.4, 0.5) is 0 Å². The molecule has 3 heterocycles. The molecule has 0 radical (unpaired) electrons. The van der Waals surface area contributed by atoms with Crippen LogP contribution in [0.15, 0.2) is 24.3 Å². The van der Waals surface area contributed by atoms with Crippen molar-refractivity contribution in [3.8, 4) is 5.75 Å². The number of hydrogen-bond acceptors (Lipinski definition) is 6. The average molecular weight is 523 g/mol. The highest BCUT2D eigenvalue weighted by molar-refractivity contribution is 6.38. The largest absolute Gasteiger partial charge is 0.496 e. The number of piperidine rings is 2. The van der Waals surface area contributed by atoms with Crippen LogP contribution in [0.25, 0.3) is 10.9 Å². The van der Waals surface area contributed by atoms with Gasteiger partial charge in [0.2, 0.25) is 17.6 Å². The average Bonchev–Trinajstić information content (AvgIpc) is 3.27. The first kappa shape index (κ1) is 25.9.